The molecule has 34 heavy (non-hydrogen) atoms. The van der Waals surface area contributed by atoms with Crippen molar-refractivity contribution in [1.29, 1.82) is 0 Å². The van der Waals surface area contributed by atoms with Gasteiger partial charge in [0.15, 0.2) is 0 Å². The number of hydrogen-bond donors (Lipinski definition) is 0. The fourth-order valence-electron chi connectivity index (χ4n) is 4.83. The second-order valence-corrected chi connectivity index (χ2v) is 9.52. The van der Waals surface area contributed by atoms with E-state index >= 15 is 0 Å². The van der Waals surface area contributed by atoms with Crippen molar-refractivity contribution in [2.45, 2.75) is 45.1 Å². The highest BCUT2D eigenvalue weighted by Gasteiger charge is 2.30. The average Bonchev–Trinajstić information content (AvgIpc) is 3.35. The van der Waals surface area contributed by atoms with Crippen LogP contribution in [0.4, 0.5) is 4.39 Å². The van der Waals surface area contributed by atoms with Gasteiger partial charge < -0.3 is 9.80 Å². The molecule has 2 aromatic rings. The topological polar surface area (TPSA) is 74.6 Å². The molecule has 9 heteroatoms. The lowest BCUT2D eigenvalue weighted by atomic mass is 9.99. The summed E-state index contributed by atoms with van der Waals surface area (Å²) in [6.07, 6.45) is 5.70. The molecular formula is C25H35FN6O2. The number of likely N-dealkylation sites (N-methyl/N-ethyl adjacent to an activating group) is 1. The number of fused-ring (bicyclic) bond motifs is 1. The number of rotatable bonds is 8. The van der Waals surface area contributed by atoms with E-state index in [4.69, 9.17) is 0 Å². The van der Waals surface area contributed by atoms with E-state index in [-0.39, 0.29) is 29.6 Å². The maximum Gasteiger partial charge on any atom is 0.247 e. The Morgan fingerprint density at radius 2 is 1.91 bits per heavy atom. The van der Waals surface area contributed by atoms with E-state index < -0.39 is 0 Å². The molecule has 0 aliphatic carbocycles. The molecule has 2 amide bonds. The van der Waals surface area contributed by atoms with Crippen LogP contribution in [0.25, 0.3) is 0 Å². The van der Waals surface area contributed by atoms with Gasteiger partial charge in [-0.1, -0.05) is 19.1 Å². The normalized spacial score (nSPS) is 19.5. The van der Waals surface area contributed by atoms with Crippen molar-refractivity contribution in [3.63, 3.8) is 0 Å². The molecule has 0 saturated carbocycles. The van der Waals surface area contributed by atoms with Gasteiger partial charge in [-0.3, -0.25) is 14.5 Å². The molecule has 0 bridgehead atoms. The molecule has 8 nitrogen and oxygen atoms in total. The van der Waals surface area contributed by atoms with Crippen molar-refractivity contribution in [2.75, 3.05) is 46.3 Å². The van der Waals surface area contributed by atoms with Crippen molar-refractivity contribution >= 4 is 11.8 Å². The maximum absolute atomic E-state index is 13.1. The number of halogens is 1. The monoisotopic (exact) mass is 470 g/mol. The first kappa shape index (κ1) is 24.3. The van der Waals surface area contributed by atoms with Gasteiger partial charge in [0.05, 0.1) is 0 Å². The molecule has 2 unspecified atom stereocenters. The van der Waals surface area contributed by atoms with Crippen LogP contribution in [-0.4, -0.2) is 87.6 Å². The number of benzene rings is 1. The molecule has 2 atom stereocenters. The van der Waals surface area contributed by atoms with Crippen LogP contribution in [0.5, 0.6) is 0 Å². The molecule has 184 valence electrons. The number of amides is 2. The van der Waals surface area contributed by atoms with E-state index in [0.29, 0.717) is 19.6 Å². The Morgan fingerprint density at radius 3 is 2.65 bits per heavy atom. The van der Waals surface area contributed by atoms with Crippen molar-refractivity contribution in [2.24, 2.45) is 5.92 Å². The largest absolute Gasteiger partial charge is 0.343 e. The zero-order chi connectivity index (χ0) is 24.1. The summed E-state index contributed by atoms with van der Waals surface area (Å²) in [6, 6.07) is 6.25. The number of hydrogen-bond acceptors (Lipinski definition) is 5. The third-order valence-corrected chi connectivity index (χ3v) is 7.12. The molecule has 1 aromatic heterocycles. The fraction of sp³-hybridized carbons (Fsp3) is 0.600. The molecule has 3 heterocycles. The minimum atomic E-state index is -0.248. The van der Waals surface area contributed by atoms with Crippen LogP contribution >= 0.6 is 0 Å². The van der Waals surface area contributed by atoms with Crippen molar-refractivity contribution in [3.05, 3.63) is 47.8 Å². The number of piperazine rings is 1. The molecule has 2 aliphatic heterocycles. The summed E-state index contributed by atoms with van der Waals surface area (Å²) in [5, 5.41) is 4.26. The third-order valence-electron chi connectivity index (χ3n) is 7.12. The fourth-order valence-corrected chi connectivity index (χ4v) is 4.83. The van der Waals surface area contributed by atoms with E-state index in [1.165, 1.54) is 18.5 Å². The summed E-state index contributed by atoms with van der Waals surface area (Å²) in [4.78, 5) is 36.2. The van der Waals surface area contributed by atoms with E-state index in [0.717, 1.165) is 63.1 Å². The number of carbonyl (C=O) groups excluding carboxylic acids is 2. The van der Waals surface area contributed by atoms with Crippen molar-refractivity contribution in [3.8, 4) is 0 Å². The summed E-state index contributed by atoms with van der Waals surface area (Å²) < 4.78 is 14.8. The minimum Gasteiger partial charge on any atom is -0.343 e. The molecule has 2 aliphatic rings. The van der Waals surface area contributed by atoms with E-state index in [2.05, 4.69) is 15.0 Å². The molecule has 1 aromatic carbocycles. The number of carbonyl (C=O) groups is 2. The van der Waals surface area contributed by atoms with Crippen LogP contribution in [0.1, 0.15) is 43.6 Å². The lowest BCUT2D eigenvalue weighted by Crippen LogP contribution is -2.51. The van der Waals surface area contributed by atoms with Gasteiger partial charge >= 0.3 is 0 Å². The Kier molecular flexibility index (Phi) is 7.92. The smallest absolute Gasteiger partial charge is 0.247 e. The van der Waals surface area contributed by atoms with Gasteiger partial charge in [-0.2, -0.15) is 5.10 Å². The Labute approximate surface area is 200 Å². The van der Waals surface area contributed by atoms with Gasteiger partial charge in [-0.05, 0) is 43.4 Å². The Morgan fingerprint density at radius 1 is 1.18 bits per heavy atom. The molecular weight excluding hydrogens is 435 g/mol. The molecule has 1 saturated heterocycles. The Bertz CT molecular complexity index is 970. The minimum absolute atomic E-state index is 0.0578. The van der Waals surface area contributed by atoms with Gasteiger partial charge in [0.1, 0.15) is 24.0 Å². The van der Waals surface area contributed by atoms with Gasteiger partial charge in [0, 0.05) is 58.7 Å². The van der Waals surface area contributed by atoms with Gasteiger partial charge in [-0.25, -0.2) is 14.1 Å². The molecule has 0 N–H and O–H groups in total. The Balaban J connectivity index is 1.18. The van der Waals surface area contributed by atoms with Crippen LogP contribution in [-0.2, 0) is 22.4 Å². The van der Waals surface area contributed by atoms with Crippen LogP contribution in [0.15, 0.2) is 30.6 Å². The lowest BCUT2D eigenvalue weighted by molar-refractivity contribution is -0.137. The van der Waals surface area contributed by atoms with Crippen LogP contribution < -0.4 is 0 Å². The highest BCUT2D eigenvalue weighted by molar-refractivity contribution is 5.80. The summed E-state index contributed by atoms with van der Waals surface area (Å²) in [5.74, 6) is 0.882. The van der Waals surface area contributed by atoms with E-state index in [9.17, 15) is 14.0 Å². The van der Waals surface area contributed by atoms with E-state index in [1.54, 1.807) is 21.7 Å². The third kappa shape index (κ3) is 5.81. The highest BCUT2D eigenvalue weighted by atomic mass is 19.1. The van der Waals surface area contributed by atoms with Crippen LogP contribution in [0, 0.1) is 11.7 Å². The highest BCUT2D eigenvalue weighted by Crippen LogP contribution is 2.24. The van der Waals surface area contributed by atoms with E-state index in [1.807, 2.05) is 18.9 Å². The first-order valence-electron chi connectivity index (χ1n) is 12.3. The van der Waals surface area contributed by atoms with Gasteiger partial charge in [-0.15, -0.1) is 0 Å². The predicted molar refractivity (Wildman–Crippen MR) is 127 cm³/mol. The van der Waals surface area contributed by atoms with Crippen LogP contribution in [0.3, 0.4) is 0 Å². The summed E-state index contributed by atoms with van der Waals surface area (Å²) in [6.45, 7) is 6.47. The average molecular weight is 471 g/mol. The van der Waals surface area contributed by atoms with Crippen molar-refractivity contribution < 1.29 is 14.0 Å². The lowest BCUT2D eigenvalue weighted by Gasteiger charge is -2.37. The quantitative estimate of drug-likeness (QED) is 0.591. The molecule has 1 fully saturated rings. The molecule has 0 radical (unpaired) electrons. The van der Waals surface area contributed by atoms with Gasteiger partial charge in [0.25, 0.3) is 0 Å². The van der Waals surface area contributed by atoms with Crippen molar-refractivity contribution in [1.82, 2.24) is 29.5 Å². The number of nitrogens with zero attached hydrogens (tertiary/aromatic N) is 6. The summed E-state index contributed by atoms with van der Waals surface area (Å²) in [7, 11) is 1.86. The SMILES string of the molecule is CC(CCc1ccc(F)cc1)C(=O)N1CCN(CCN(C)C(=O)C2CCCc3ncnn32)CC1. The Hall–Kier alpha value is -2.81. The second-order valence-electron chi connectivity index (χ2n) is 9.52. The molecule has 4 rings (SSSR count). The van der Waals surface area contributed by atoms with Crippen LogP contribution in [0.2, 0.25) is 0 Å². The maximum atomic E-state index is 13.1. The summed E-state index contributed by atoms with van der Waals surface area (Å²) in [5.41, 5.74) is 1.05. The van der Waals surface area contributed by atoms with Gasteiger partial charge in [0.2, 0.25) is 11.8 Å². The standard InChI is InChI=1S/C25H35FN6O2/c1-19(6-7-20-8-10-21(26)11-9-20)24(33)31-16-14-30(15-17-31)13-12-29(2)25(34)22-4-3-5-23-27-18-28-32(22)23/h8-11,18-19,22H,3-7,12-17H2,1-2H3. The molecule has 0 spiro atoms. The second kappa shape index (κ2) is 11.1. The number of aryl methyl sites for hydroxylation is 2. The summed E-state index contributed by atoms with van der Waals surface area (Å²) >= 11 is 0. The first-order valence-corrected chi connectivity index (χ1v) is 12.3. The number of aromatic nitrogens is 3. The zero-order valence-corrected chi connectivity index (χ0v) is 20.2. The zero-order valence-electron chi connectivity index (χ0n) is 20.2. The predicted octanol–water partition coefficient (Wildman–Crippen LogP) is 2.17. The first-order chi connectivity index (χ1) is 16.4.